The van der Waals surface area contributed by atoms with Gasteiger partial charge in [-0.25, -0.2) is 4.39 Å². The first-order chi connectivity index (χ1) is 11.3. The van der Waals surface area contributed by atoms with Gasteiger partial charge in [-0.05, 0) is 50.1 Å². The third-order valence-corrected chi connectivity index (χ3v) is 4.35. The number of rotatable bonds is 5. The van der Waals surface area contributed by atoms with Crippen LogP contribution in [0.4, 0.5) is 10.1 Å². The predicted molar refractivity (Wildman–Crippen MR) is 97.4 cm³/mol. The van der Waals surface area contributed by atoms with Gasteiger partial charge in [0.15, 0.2) is 0 Å². The average molecular weight is 369 g/mol. The van der Waals surface area contributed by atoms with Crippen LogP contribution < -0.4 is 10.6 Å². The van der Waals surface area contributed by atoms with Crippen LogP contribution in [-0.2, 0) is 4.79 Å². The average Bonchev–Trinajstić information content (AvgIpc) is 2.51. The van der Waals surface area contributed by atoms with Crippen molar-refractivity contribution in [1.82, 2.24) is 5.32 Å². The summed E-state index contributed by atoms with van der Waals surface area (Å²) in [5.41, 5.74) is 3.46. The van der Waals surface area contributed by atoms with E-state index in [-0.39, 0.29) is 23.5 Å². The van der Waals surface area contributed by atoms with Crippen LogP contribution in [0, 0.1) is 19.7 Å². The number of hydrogen-bond donors (Lipinski definition) is 2. The second-order valence-corrected chi connectivity index (χ2v) is 6.57. The molecule has 2 N–H and O–H groups in total. The van der Waals surface area contributed by atoms with Crippen molar-refractivity contribution < 1.29 is 9.18 Å². The Morgan fingerprint density at radius 3 is 2.54 bits per heavy atom. The minimum absolute atomic E-state index is 0.0245. The molecule has 6 heteroatoms. The van der Waals surface area contributed by atoms with E-state index >= 15 is 0 Å². The van der Waals surface area contributed by atoms with E-state index in [0.717, 1.165) is 16.8 Å². The van der Waals surface area contributed by atoms with E-state index in [9.17, 15) is 9.18 Å². The topological polar surface area (TPSA) is 41.1 Å². The van der Waals surface area contributed by atoms with Gasteiger partial charge in [0.25, 0.3) is 0 Å². The van der Waals surface area contributed by atoms with E-state index in [1.807, 2.05) is 32.0 Å². The van der Waals surface area contributed by atoms with E-state index in [0.29, 0.717) is 10.6 Å². The summed E-state index contributed by atoms with van der Waals surface area (Å²) in [7, 11) is 0. The first-order valence-electron chi connectivity index (χ1n) is 7.53. The van der Waals surface area contributed by atoms with Crippen molar-refractivity contribution in [1.29, 1.82) is 0 Å². The van der Waals surface area contributed by atoms with Crippen molar-refractivity contribution in [3.05, 3.63) is 62.9 Å². The van der Waals surface area contributed by atoms with Crippen molar-refractivity contribution in [2.45, 2.75) is 26.8 Å². The number of hydrogen-bond acceptors (Lipinski definition) is 2. The summed E-state index contributed by atoms with van der Waals surface area (Å²) < 4.78 is 13.6. The molecule has 0 spiro atoms. The lowest BCUT2D eigenvalue weighted by molar-refractivity contribution is -0.115. The number of anilines is 1. The van der Waals surface area contributed by atoms with Crippen LogP contribution in [0.5, 0.6) is 0 Å². The van der Waals surface area contributed by atoms with Crippen LogP contribution in [-0.4, -0.2) is 12.5 Å². The van der Waals surface area contributed by atoms with Gasteiger partial charge in [0.2, 0.25) is 5.91 Å². The van der Waals surface area contributed by atoms with E-state index in [2.05, 4.69) is 10.6 Å². The Labute approximate surface area is 151 Å². The van der Waals surface area contributed by atoms with Gasteiger partial charge in [-0.2, -0.15) is 0 Å². The summed E-state index contributed by atoms with van der Waals surface area (Å²) in [6.07, 6.45) is 0. The zero-order chi connectivity index (χ0) is 17.9. The second kappa shape index (κ2) is 7.97. The number of halogens is 3. The van der Waals surface area contributed by atoms with E-state index in [4.69, 9.17) is 23.2 Å². The molecule has 1 atom stereocenters. The summed E-state index contributed by atoms with van der Waals surface area (Å²) in [5.74, 6) is -0.719. The fourth-order valence-corrected chi connectivity index (χ4v) is 2.92. The van der Waals surface area contributed by atoms with Crippen LogP contribution in [0.1, 0.15) is 29.7 Å². The predicted octanol–water partition coefficient (Wildman–Crippen LogP) is 5.04. The number of benzene rings is 2. The lowest BCUT2D eigenvalue weighted by Gasteiger charge is -2.16. The molecule has 0 radical (unpaired) electrons. The van der Waals surface area contributed by atoms with Gasteiger partial charge in [0.1, 0.15) is 5.82 Å². The Bertz CT molecular complexity index is 765. The lowest BCUT2D eigenvalue weighted by atomic mass is 10.1. The highest BCUT2D eigenvalue weighted by molar-refractivity contribution is 6.35. The van der Waals surface area contributed by atoms with Crippen LogP contribution >= 0.6 is 23.2 Å². The molecule has 128 valence electrons. The van der Waals surface area contributed by atoms with E-state index in [1.54, 1.807) is 6.92 Å². The SMILES string of the molecule is Cc1ccc(NC(=O)CN[C@@H](C)c2cc(F)c(Cl)cc2Cl)c(C)c1. The molecule has 24 heavy (non-hydrogen) atoms. The third-order valence-electron chi connectivity index (χ3n) is 3.73. The zero-order valence-corrected chi connectivity index (χ0v) is 15.2. The fraction of sp³-hybridized carbons (Fsp3) is 0.278. The summed E-state index contributed by atoms with van der Waals surface area (Å²) >= 11 is 11.8. The highest BCUT2D eigenvalue weighted by Crippen LogP contribution is 2.28. The molecular formula is C18H19Cl2FN2O. The lowest BCUT2D eigenvalue weighted by Crippen LogP contribution is -2.30. The quantitative estimate of drug-likeness (QED) is 0.725. The highest BCUT2D eigenvalue weighted by Gasteiger charge is 2.14. The summed E-state index contributed by atoms with van der Waals surface area (Å²) in [5, 5.41) is 6.21. The van der Waals surface area contributed by atoms with Crippen molar-refractivity contribution in [2.75, 3.05) is 11.9 Å². The minimum Gasteiger partial charge on any atom is -0.325 e. The Kier molecular flexibility index (Phi) is 6.21. The number of carbonyl (C=O) groups excluding carboxylic acids is 1. The molecule has 2 aromatic rings. The number of aryl methyl sites for hydroxylation is 2. The number of nitrogens with one attached hydrogen (secondary N) is 2. The first-order valence-corrected chi connectivity index (χ1v) is 8.28. The summed E-state index contributed by atoms with van der Waals surface area (Å²) in [4.78, 5) is 12.1. The van der Waals surface area contributed by atoms with Crippen LogP contribution in [0.25, 0.3) is 0 Å². The van der Waals surface area contributed by atoms with Gasteiger partial charge in [0, 0.05) is 16.8 Å². The monoisotopic (exact) mass is 368 g/mol. The molecule has 3 nitrogen and oxygen atoms in total. The van der Waals surface area contributed by atoms with Gasteiger partial charge in [-0.15, -0.1) is 0 Å². The van der Waals surface area contributed by atoms with Gasteiger partial charge in [-0.1, -0.05) is 40.9 Å². The van der Waals surface area contributed by atoms with Gasteiger partial charge in [-0.3, -0.25) is 4.79 Å². The van der Waals surface area contributed by atoms with Gasteiger partial charge in [0.05, 0.1) is 11.6 Å². The fourth-order valence-electron chi connectivity index (χ4n) is 2.37. The molecule has 0 aromatic heterocycles. The van der Waals surface area contributed by atoms with Crippen molar-refractivity contribution in [2.24, 2.45) is 0 Å². The maximum absolute atomic E-state index is 13.6. The Hall–Kier alpha value is -1.62. The Balaban J connectivity index is 1.97. The Morgan fingerprint density at radius 2 is 1.88 bits per heavy atom. The van der Waals surface area contributed by atoms with Crippen LogP contribution in [0.15, 0.2) is 30.3 Å². The molecule has 0 aliphatic carbocycles. The standard InChI is InChI=1S/C18H19Cl2FN2O/c1-10-4-5-17(11(2)6-10)23-18(24)9-22-12(3)13-7-16(21)15(20)8-14(13)19/h4-8,12,22H,9H2,1-3H3,(H,23,24)/t12-/m0/s1. The third kappa shape index (κ3) is 4.69. The molecule has 0 saturated carbocycles. The highest BCUT2D eigenvalue weighted by atomic mass is 35.5. The summed E-state index contributed by atoms with van der Waals surface area (Å²) in [6, 6.07) is 8.16. The molecule has 0 aliphatic heterocycles. The maximum Gasteiger partial charge on any atom is 0.238 e. The molecule has 0 heterocycles. The number of carbonyl (C=O) groups is 1. The molecule has 1 amide bonds. The first kappa shape index (κ1) is 18.7. The van der Waals surface area contributed by atoms with Crippen LogP contribution in [0.2, 0.25) is 10.0 Å². The van der Waals surface area contributed by atoms with Crippen LogP contribution in [0.3, 0.4) is 0 Å². The zero-order valence-electron chi connectivity index (χ0n) is 13.7. The van der Waals surface area contributed by atoms with Crippen molar-refractivity contribution >= 4 is 34.8 Å². The molecule has 0 fully saturated rings. The Morgan fingerprint density at radius 1 is 1.17 bits per heavy atom. The maximum atomic E-state index is 13.6. The number of amides is 1. The summed E-state index contributed by atoms with van der Waals surface area (Å²) in [6.45, 7) is 5.82. The molecule has 0 aliphatic rings. The molecule has 0 bridgehead atoms. The van der Waals surface area contributed by atoms with Crippen molar-refractivity contribution in [3.8, 4) is 0 Å². The minimum atomic E-state index is -0.538. The van der Waals surface area contributed by atoms with Gasteiger partial charge < -0.3 is 10.6 Å². The molecule has 0 unspecified atom stereocenters. The second-order valence-electron chi connectivity index (χ2n) is 5.76. The molecule has 0 saturated heterocycles. The molecule has 2 rings (SSSR count). The largest absolute Gasteiger partial charge is 0.325 e. The van der Waals surface area contributed by atoms with Crippen molar-refractivity contribution in [3.63, 3.8) is 0 Å². The normalized spacial score (nSPS) is 12.1. The molecule has 2 aromatic carbocycles. The van der Waals surface area contributed by atoms with E-state index < -0.39 is 5.82 Å². The van der Waals surface area contributed by atoms with E-state index in [1.165, 1.54) is 12.1 Å². The van der Waals surface area contributed by atoms with Gasteiger partial charge >= 0.3 is 0 Å². The molecular weight excluding hydrogens is 350 g/mol. The smallest absolute Gasteiger partial charge is 0.238 e.